The first kappa shape index (κ1) is 8.17. The average Bonchev–Trinajstić information content (AvgIpc) is 2.88. The van der Waals surface area contributed by atoms with Crippen LogP contribution < -0.4 is 0 Å². The zero-order valence-electron chi connectivity index (χ0n) is 7.76. The maximum atomic E-state index is 4.21. The SMILES string of the molecule is c1ncc(C2CCCc3cncn32)s1. The highest BCUT2D eigenvalue weighted by Crippen LogP contribution is 2.31. The summed E-state index contributed by atoms with van der Waals surface area (Å²) >= 11 is 1.74. The Hall–Kier alpha value is -1.16. The van der Waals surface area contributed by atoms with E-state index in [1.54, 1.807) is 11.3 Å². The molecule has 72 valence electrons. The van der Waals surface area contributed by atoms with Crippen LogP contribution in [-0.2, 0) is 6.42 Å². The molecule has 0 aliphatic carbocycles. The van der Waals surface area contributed by atoms with E-state index in [1.807, 2.05) is 24.2 Å². The van der Waals surface area contributed by atoms with Gasteiger partial charge in [0.05, 0.1) is 17.9 Å². The molecular weight excluding hydrogens is 194 g/mol. The average molecular weight is 205 g/mol. The Morgan fingerprint density at radius 2 is 2.36 bits per heavy atom. The summed E-state index contributed by atoms with van der Waals surface area (Å²) in [5.74, 6) is 0. The molecule has 0 aromatic carbocycles. The smallest absolute Gasteiger partial charge is 0.0954 e. The molecule has 0 amide bonds. The Bertz CT molecular complexity index is 418. The van der Waals surface area contributed by atoms with Crippen LogP contribution in [0.2, 0.25) is 0 Å². The molecule has 3 rings (SSSR count). The van der Waals surface area contributed by atoms with Crippen molar-refractivity contribution in [3.63, 3.8) is 0 Å². The number of nitrogens with zero attached hydrogens (tertiary/aromatic N) is 3. The molecule has 2 aromatic heterocycles. The molecular formula is C10H11N3S. The van der Waals surface area contributed by atoms with Crippen molar-refractivity contribution in [2.45, 2.75) is 25.3 Å². The Balaban J connectivity index is 2.04. The van der Waals surface area contributed by atoms with Gasteiger partial charge in [-0.25, -0.2) is 4.98 Å². The largest absolute Gasteiger partial charge is 0.326 e. The van der Waals surface area contributed by atoms with E-state index in [0.717, 1.165) is 6.42 Å². The van der Waals surface area contributed by atoms with Gasteiger partial charge in [0, 0.05) is 23.0 Å². The number of rotatable bonds is 1. The van der Waals surface area contributed by atoms with Gasteiger partial charge in [0.2, 0.25) is 0 Å². The number of aryl methyl sites for hydroxylation is 1. The summed E-state index contributed by atoms with van der Waals surface area (Å²) in [4.78, 5) is 9.70. The van der Waals surface area contributed by atoms with E-state index in [0.29, 0.717) is 6.04 Å². The first-order chi connectivity index (χ1) is 6.95. The van der Waals surface area contributed by atoms with E-state index in [1.165, 1.54) is 23.4 Å². The van der Waals surface area contributed by atoms with Crippen molar-refractivity contribution in [1.82, 2.24) is 14.5 Å². The molecule has 14 heavy (non-hydrogen) atoms. The van der Waals surface area contributed by atoms with E-state index in [9.17, 15) is 0 Å². The lowest BCUT2D eigenvalue weighted by molar-refractivity contribution is 0.463. The van der Waals surface area contributed by atoms with E-state index >= 15 is 0 Å². The summed E-state index contributed by atoms with van der Waals surface area (Å²) in [5, 5.41) is 0. The predicted octanol–water partition coefficient (Wildman–Crippen LogP) is 2.27. The number of imidazole rings is 1. The van der Waals surface area contributed by atoms with Crippen LogP contribution >= 0.6 is 11.3 Å². The van der Waals surface area contributed by atoms with E-state index < -0.39 is 0 Å². The highest BCUT2D eigenvalue weighted by molar-refractivity contribution is 7.09. The predicted molar refractivity (Wildman–Crippen MR) is 55.4 cm³/mol. The quantitative estimate of drug-likeness (QED) is 0.715. The molecule has 0 spiro atoms. The first-order valence-corrected chi connectivity index (χ1v) is 5.72. The van der Waals surface area contributed by atoms with Crippen molar-refractivity contribution >= 4 is 11.3 Å². The second-order valence-electron chi connectivity index (χ2n) is 3.60. The van der Waals surface area contributed by atoms with Gasteiger partial charge < -0.3 is 4.57 Å². The van der Waals surface area contributed by atoms with Crippen molar-refractivity contribution in [1.29, 1.82) is 0 Å². The summed E-state index contributed by atoms with van der Waals surface area (Å²) < 4.78 is 2.29. The lowest BCUT2D eigenvalue weighted by atomic mass is 10.0. The van der Waals surface area contributed by atoms with Crippen LogP contribution in [0.3, 0.4) is 0 Å². The molecule has 1 aliphatic heterocycles. The second-order valence-corrected chi connectivity index (χ2v) is 4.52. The normalized spacial score (nSPS) is 20.7. The lowest BCUT2D eigenvalue weighted by Crippen LogP contribution is -2.16. The van der Waals surface area contributed by atoms with Gasteiger partial charge in [0.25, 0.3) is 0 Å². The van der Waals surface area contributed by atoms with E-state index in [2.05, 4.69) is 14.5 Å². The van der Waals surface area contributed by atoms with Crippen molar-refractivity contribution in [2.75, 3.05) is 0 Å². The molecule has 3 nitrogen and oxygen atoms in total. The fraction of sp³-hybridized carbons (Fsp3) is 0.400. The van der Waals surface area contributed by atoms with Crippen LogP contribution in [0.15, 0.2) is 24.2 Å². The van der Waals surface area contributed by atoms with Gasteiger partial charge in [0.15, 0.2) is 0 Å². The standard InChI is InChI=1S/C10H11N3S/c1-2-8-4-11-6-13(8)9(3-1)10-5-12-7-14-10/h4-7,9H,1-3H2. The fourth-order valence-corrected chi connectivity index (χ4v) is 2.85. The molecule has 1 aliphatic rings. The molecule has 4 heteroatoms. The van der Waals surface area contributed by atoms with Gasteiger partial charge in [-0.15, -0.1) is 11.3 Å². The van der Waals surface area contributed by atoms with Crippen molar-refractivity contribution < 1.29 is 0 Å². The van der Waals surface area contributed by atoms with Crippen molar-refractivity contribution in [3.05, 3.63) is 34.8 Å². The number of thiazole rings is 1. The van der Waals surface area contributed by atoms with E-state index in [4.69, 9.17) is 0 Å². The number of aromatic nitrogens is 3. The molecule has 1 atom stereocenters. The Labute approximate surface area is 86.4 Å². The minimum absolute atomic E-state index is 0.480. The Kier molecular flexibility index (Phi) is 1.87. The fourth-order valence-electron chi connectivity index (χ4n) is 2.09. The zero-order valence-corrected chi connectivity index (χ0v) is 8.57. The van der Waals surface area contributed by atoms with Crippen LogP contribution in [0.5, 0.6) is 0 Å². The van der Waals surface area contributed by atoms with Crippen LogP contribution in [0.25, 0.3) is 0 Å². The van der Waals surface area contributed by atoms with Gasteiger partial charge in [-0.3, -0.25) is 4.98 Å². The molecule has 0 bridgehead atoms. The minimum Gasteiger partial charge on any atom is -0.326 e. The highest BCUT2D eigenvalue weighted by Gasteiger charge is 2.21. The topological polar surface area (TPSA) is 30.7 Å². The third-order valence-electron chi connectivity index (χ3n) is 2.77. The van der Waals surface area contributed by atoms with Crippen LogP contribution in [0.4, 0.5) is 0 Å². The third kappa shape index (κ3) is 1.18. The monoisotopic (exact) mass is 205 g/mol. The van der Waals surface area contributed by atoms with Crippen LogP contribution in [0, 0.1) is 0 Å². The molecule has 2 aromatic rings. The molecule has 0 fully saturated rings. The Morgan fingerprint density at radius 1 is 1.36 bits per heavy atom. The van der Waals surface area contributed by atoms with Crippen LogP contribution in [0.1, 0.15) is 29.5 Å². The highest BCUT2D eigenvalue weighted by atomic mass is 32.1. The van der Waals surface area contributed by atoms with Gasteiger partial charge in [0.1, 0.15) is 0 Å². The summed E-state index contributed by atoms with van der Waals surface area (Å²) in [6, 6.07) is 0.480. The maximum Gasteiger partial charge on any atom is 0.0954 e. The van der Waals surface area contributed by atoms with Gasteiger partial charge in [-0.1, -0.05) is 0 Å². The summed E-state index contributed by atoms with van der Waals surface area (Å²) in [6.45, 7) is 0. The van der Waals surface area contributed by atoms with Crippen molar-refractivity contribution in [3.8, 4) is 0 Å². The molecule has 0 saturated heterocycles. The maximum absolute atomic E-state index is 4.21. The third-order valence-corrected chi connectivity index (χ3v) is 3.65. The lowest BCUT2D eigenvalue weighted by Gasteiger charge is -2.23. The number of fused-ring (bicyclic) bond motifs is 1. The Morgan fingerprint density at radius 3 is 3.21 bits per heavy atom. The summed E-state index contributed by atoms with van der Waals surface area (Å²) in [6.07, 6.45) is 9.53. The summed E-state index contributed by atoms with van der Waals surface area (Å²) in [7, 11) is 0. The van der Waals surface area contributed by atoms with E-state index in [-0.39, 0.29) is 0 Å². The number of hydrogen-bond acceptors (Lipinski definition) is 3. The van der Waals surface area contributed by atoms with Crippen molar-refractivity contribution in [2.24, 2.45) is 0 Å². The molecule has 0 radical (unpaired) electrons. The van der Waals surface area contributed by atoms with Gasteiger partial charge in [-0.05, 0) is 19.3 Å². The van der Waals surface area contributed by atoms with Gasteiger partial charge >= 0.3 is 0 Å². The first-order valence-electron chi connectivity index (χ1n) is 4.84. The molecule has 1 unspecified atom stereocenters. The molecule has 3 heterocycles. The second kappa shape index (κ2) is 3.20. The summed E-state index contributed by atoms with van der Waals surface area (Å²) in [5.41, 5.74) is 3.26. The number of hydrogen-bond donors (Lipinski definition) is 0. The molecule has 0 saturated carbocycles. The van der Waals surface area contributed by atoms with Crippen LogP contribution in [-0.4, -0.2) is 14.5 Å². The van der Waals surface area contributed by atoms with Gasteiger partial charge in [-0.2, -0.15) is 0 Å². The minimum atomic E-state index is 0.480. The molecule has 0 N–H and O–H groups in total. The zero-order chi connectivity index (χ0) is 9.38.